The zero-order valence-electron chi connectivity index (χ0n) is 12.3. The van der Waals surface area contributed by atoms with Crippen molar-refractivity contribution in [2.24, 2.45) is 0 Å². The topological polar surface area (TPSA) is 117 Å². The molecule has 0 aliphatic rings. The lowest BCUT2D eigenvalue weighted by atomic mass is 10.1. The van der Waals surface area contributed by atoms with E-state index in [1.807, 2.05) is 42.5 Å². The van der Waals surface area contributed by atoms with Crippen LogP contribution in [0.2, 0.25) is 0 Å². The van der Waals surface area contributed by atoms with Crippen LogP contribution < -0.4 is 11.5 Å². The van der Waals surface area contributed by atoms with Crippen LogP contribution >= 0.6 is 0 Å². The summed E-state index contributed by atoms with van der Waals surface area (Å²) in [6, 6.07) is 13.8. The summed E-state index contributed by atoms with van der Waals surface area (Å²) in [5.74, 6) is -0.157. The second kappa shape index (κ2) is 6.27. The molecule has 1 heterocycles. The Morgan fingerprint density at radius 3 is 2.39 bits per heavy atom. The third-order valence-electron chi connectivity index (χ3n) is 3.24. The molecular formula is C16H15N5O2. The first-order valence-corrected chi connectivity index (χ1v) is 6.99. The number of fused-ring (bicyclic) bond motifs is 1. The van der Waals surface area contributed by atoms with Crippen molar-refractivity contribution in [3.05, 3.63) is 53.9 Å². The van der Waals surface area contributed by atoms with Crippen molar-refractivity contribution < 1.29 is 9.53 Å². The van der Waals surface area contributed by atoms with Crippen LogP contribution in [0.4, 0.5) is 11.9 Å². The van der Waals surface area contributed by atoms with Crippen molar-refractivity contribution in [2.75, 3.05) is 11.5 Å². The molecule has 7 nitrogen and oxygen atoms in total. The molecule has 0 aliphatic carbocycles. The van der Waals surface area contributed by atoms with E-state index in [0.29, 0.717) is 0 Å². The normalized spacial score (nSPS) is 10.6. The van der Waals surface area contributed by atoms with E-state index in [9.17, 15) is 4.79 Å². The van der Waals surface area contributed by atoms with Gasteiger partial charge < -0.3 is 16.2 Å². The highest BCUT2D eigenvalue weighted by Gasteiger charge is 2.08. The van der Waals surface area contributed by atoms with Crippen molar-refractivity contribution in [1.29, 1.82) is 0 Å². The van der Waals surface area contributed by atoms with Gasteiger partial charge in [0.1, 0.15) is 0 Å². The van der Waals surface area contributed by atoms with Crippen molar-refractivity contribution >= 4 is 28.6 Å². The van der Waals surface area contributed by atoms with Gasteiger partial charge >= 0.3 is 5.97 Å². The van der Waals surface area contributed by atoms with Crippen molar-refractivity contribution in [3.63, 3.8) is 0 Å². The number of nitrogens with zero attached hydrogens (tertiary/aromatic N) is 3. The maximum absolute atomic E-state index is 11.9. The SMILES string of the molecule is Nc1nc(N)nc(COC(=O)Cc2ccc3ccccc3c2)n1. The Morgan fingerprint density at radius 1 is 0.957 bits per heavy atom. The number of benzene rings is 2. The molecule has 0 bridgehead atoms. The van der Waals surface area contributed by atoms with Crippen molar-refractivity contribution in [1.82, 2.24) is 15.0 Å². The second-order valence-electron chi connectivity index (χ2n) is 4.99. The third kappa shape index (κ3) is 3.70. The Kier molecular flexibility index (Phi) is 4.01. The average Bonchev–Trinajstić information content (AvgIpc) is 2.52. The maximum atomic E-state index is 11.9. The standard InChI is InChI=1S/C16H15N5O2/c17-15-19-13(20-16(18)21-15)9-23-14(22)8-10-5-6-11-3-1-2-4-12(11)7-10/h1-7H,8-9H2,(H4,17,18,19,20,21). The molecule has 7 heteroatoms. The fourth-order valence-corrected chi connectivity index (χ4v) is 2.23. The average molecular weight is 309 g/mol. The largest absolute Gasteiger partial charge is 0.457 e. The number of nitrogens with two attached hydrogens (primary N) is 2. The highest BCUT2D eigenvalue weighted by atomic mass is 16.5. The molecule has 3 aromatic rings. The van der Waals surface area contributed by atoms with Gasteiger partial charge in [-0.05, 0) is 16.3 Å². The number of carbonyl (C=O) groups is 1. The lowest BCUT2D eigenvalue weighted by Gasteiger charge is -2.06. The number of rotatable bonds is 4. The molecule has 3 rings (SSSR count). The summed E-state index contributed by atoms with van der Waals surface area (Å²) in [7, 11) is 0. The van der Waals surface area contributed by atoms with Gasteiger partial charge in [-0.3, -0.25) is 4.79 Å². The Balaban J connectivity index is 1.64. The molecule has 0 aliphatic heterocycles. The number of ether oxygens (including phenoxy) is 1. The van der Waals surface area contributed by atoms with Gasteiger partial charge in [0.15, 0.2) is 12.4 Å². The molecule has 4 N–H and O–H groups in total. The summed E-state index contributed by atoms with van der Waals surface area (Å²) in [6.45, 7) is -0.0939. The van der Waals surface area contributed by atoms with Crippen LogP contribution in [-0.4, -0.2) is 20.9 Å². The maximum Gasteiger partial charge on any atom is 0.310 e. The molecule has 0 saturated carbocycles. The van der Waals surface area contributed by atoms with Gasteiger partial charge in [-0.25, -0.2) is 0 Å². The summed E-state index contributed by atoms with van der Waals surface area (Å²) >= 11 is 0. The Labute approximate surface area is 132 Å². The number of anilines is 2. The lowest BCUT2D eigenvalue weighted by Crippen LogP contribution is -2.12. The summed E-state index contributed by atoms with van der Waals surface area (Å²) < 4.78 is 5.15. The predicted octanol–water partition coefficient (Wildman–Crippen LogP) is 1.48. The molecule has 0 unspecified atom stereocenters. The van der Waals surface area contributed by atoms with Crippen LogP contribution in [-0.2, 0) is 22.6 Å². The summed E-state index contributed by atoms with van der Waals surface area (Å²) in [4.78, 5) is 23.3. The Bertz CT molecular complexity index is 846. The molecule has 0 radical (unpaired) electrons. The van der Waals surface area contributed by atoms with Crippen molar-refractivity contribution in [3.8, 4) is 0 Å². The fourth-order valence-electron chi connectivity index (χ4n) is 2.23. The lowest BCUT2D eigenvalue weighted by molar-refractivity contribution is -0.144. The van der Waals surface area contributed by atoms with Crippen LogP contribution in [0.1, 0.15) is 11.4 Å². The molecule has 2 aromatic carbocycles. The van der Waals surface area contributed by atoms with Crippen LogP contribution in [0.3, 0.4) is 0 Å². The summed E-state index contributed by atoms with van der Waals surface area (Å²) in [5, 5.41) is 2.21. The number of aromatic nitrogens is 3. The molecule has 116 valence electrons. The van der Waals surface area contributed by atoms with E-state index >= 15 is 0 Å². The van der Waals surface area contributed by atoms with Gasteiger partial charge in [0.25, 0.3) is 0 Å². The van der Waals surface area contributed by atoms with E-state index in [-0.39, 0.29) is 36.7 Å². The van der Waals surface area contributed by atoms with Gasteiger partial charge in [-0.1, -0.05) is 42.5 Å². The van der Waals surface area contributed by atoms with Gasteiger partial charge in [0.2, 0.25) is 11.9 Å². The van der Waals surface area contributed by atoms with Gasteiger partial charge in [-0.2, -0.15) is 15.0 Å². The summed E-state index contributed by atoms with van der Waals surface area (Å²) in [5.41, 5.74) is 11.8. The zero-order valence-corrected chi connectivity index (χ0v) is 12.3. The molecule has 0 fully saturated rings. The number of esters is 1. The number of hydrogen-bond acceptors (Lipinski definition) is 7. The number of nitrogen functional groups attached to an aromatic ring is 2. The Morgan fingerprint density at radius 2 is 1.65 bits per heavy atom. The number of carbonyl (C=O) groups excluding carboxylic acids is 1. The molecular weight excluding hydrogens is 294 g/mol. The van der Waals surface area contributed by atoms with Crippen LogP contribution in [0.15, 0.2) is 42.5 Å². The van der Waals surface area contributed by atoms with Gasteiger partial charge in [0, 0.05) is 0 Å². The monoisotopic (exact) mass is 309 g/mol. The van der Waals surface area contributed by atoms with Crippen molar-refractivity contribution in [2.45, 2.75) is 13.0 Å². The van der Waals surface area contributed by atoms with E-state index in [4.69, 9.17) is 16.2 Å². The molecule has 1 aromatic heterocycles. The van der Waals surface area contributed by atoms with Gasteiger partial charge in [0.05, 0.1) is 6.42 Å². The van der Waals surface area contributed by atoms with E-state index in [2.05, 4.69) is 15.0 Å². The molecule has 23 heavy (non-hydrogen) atoms. The minimum atomic E-state index is -0.377. The van der Waals surface area contributed by atoms with E-state index < -0.39 is 0 Å². The fraction of sp³-hybridized carbons (Fsp3) is 0.125. The highest BCUT2D eigenvalue weighted by Crippen LogP contribution is 2.16. The third-order valence-corrected chi connectivity index (χ3v) is 3.24. The molecule has 0 saturated heterocycles. The van der Waals surface area contributed by atoms with E-state index in [1.165, 1.54) is 0 Å². The first-order valence-electron chi connectivity index (χ1n) is 6.99. The first kappa shape index (κ1) is 14.7. The predicted molar refractivity (Wildman–Crippen MR) is 86.1 cm³/mol. The van der Waals surface area contributed by atoms with Crippen LogP contribution in [0, 0.1) is 0 Å². The van der Waals surface area contributed by atoms with Gasteiger partial charge in [-0.15, -0.1) is 0 Å². The first-order chi connectivity index (χ1) is 11.1. The minimum absolute atomic E-state index is 0.00178. The van der Waals surface area contributed by atoms with E-state index in [1.54, 1.807) is 0 Å². The zero-order chi connectivity index (χ0) is 16.2. The summed E-state index contributed by atoms with van der Waals surface area (Å²) in [6.07, 6.45) is 0.168. The smallest absolute Gasteiger partial charge is 0.310 e. The second-order valence-corrected chi connectivity index (χ2v) is 4.99. The minimum Gasteiger partial charge on any atom is -0.457 e. The molecule has 0 atom stereocenters. The van der Waals surface area contributed by atoms with Crippen LogP contribution in [0.5, 0.6) is 0 Å². The van der Waals surface area contributed by atoms with E-state index in [0.717, 1.165) is 16.3 Å². The highest BCUT2D eigenvalue weighted by molar-refractivity contribution is 5.84. The number of hydrogen-bond donors (Lipinski definition) is 2. The quantitative estimate of drug-likeness (QED) is 0.701. The molecule has 0 spiro atoms. The molecule has 0 amide bonds. The van der Waals surface area contributed by atoms with Crippen LogP contribution in [0.25, 0.3) is 10.8 Å². The Hall–Kier alpha value is -3.22.